The average molecular weight is 204 g/mol. The van der Waals surface area contributed by atoms with E-state index >= 15 is 0 Å². The van der Waals surface area contributed by atoms with Gasteiger partial charge in [0.1, 0.15) is 6.61 Å². The van der Waals surface area contributed by atoms with Crippen molar-refractivity contribution in [3.8, 4) is 12.3 Å². The number of hydrogen-bond acceptors (Lipinski definition) is 3. The minimum Gasteiger partial charge on any atom is -0.392 e. The van der Waals surface area contributed by atoms with Gasteiger partial charge < -0.3 is 4.84 Å². The zero-order chi connectivity index (χ0) is 10.7. The van der Waals surface area contributed by atoms with Gasteiger partial charge in [-0.25, -0.2) is 0 Å². The van der Waals surface area contributed by atoms with Crippen LogP contribution in [0, 0.1) is 18.3 Å². The lowest BCUT2D eigenvalue weighted by atomic mass is 10.0. The fraction of sp³-hybridized carbons (Fsp3) is 0.583. The molecule has 80 valence electrons. The van der Waals surface area contributed by atoms with E-state index in [0.29, 0.717) is 12.5 Å². The summed E-state index contributed by atoms with van der Waals surface area (Å²) in [6, 6.07) is 0. The first kappa shape index (κ1) is 10.3. The number of piperidine rings is 1. The molecule has 0 aliphatic carbocycles. The molecule has 0 saturated carbocycles. The van der Waals surface area contributed by atoms with Crippen LogP contribution in [0.1, 0.15) is 13.3 Å². The van der Waals surface area contributed by atoms with Crippen molar-refractivity contribution in [3.63, 3.8) is 0 Å². The molecule has 3 nitrogen and oxygen atoms in total. The summed E-state index contributed by atoms with van der Waals surface area (Å²) in [5, 5.41) is 4.17. The molecular formula is C12H16N2O. The smallest absolute Gasteiger partial charge is 0.136 e. The van der Waals surface area contributed by atoms with Crippen molar-refractivity contribution < 1.29 is 4.84 Å². The monoisotopic (exact) mass is 204 g/mol. The fourth-order valence-corrected chi connectivity index (χ4v) is 2.05. The van der Waals surface area contributed by atoms with Crippen LogP contribution in [0.15, 0.2) is 16.8 Å². The van der Waals surface area contributed by atoms with Gasteiger partial charge in [-0.15, -0.1) is 6.42 Å². The maximum Gasteiger partial charge on any atom is 0.136 e. The molecule has 2 heterocycles. The molecule has 0 spiro atoms. The summed E-state index contributed by atoms with van der Waals surface area (Å²) in [5.41, 5.74) is 2.10. The minimum absolute atomic E-state index is 0.478. The lowest BCUT2D eigenvalue weighted by Gasteiger charge is -2.12. The average Bonchev–Trinajstić information content (AvgIpc) is 2.85. The molecule has 0 aromatic heterocycles. The standard InChI is InChI=1S/C12H16N2O/c1-3-10(2)5-7-15-13-12-9-14-6-4-11(12)8-14/h1,5,11H,4,6-9H2,2H3/b10-5+,13-12-. The van der Waals surface area contributed by atoms with E-state index in [2.05, 4.69) is 16.0 Å². The highest BCUT2D eigenvalue weighted by atomic mass is 16.6. The van der Waals surface area contributed by atoms with E-state index in [-0.39, 0.29) is 0 Å². The van der Waals surface area contributed by atoms with Crippen molar-refractivity contribution in [1.29, 1.82) is 0 Å². The zero-order valence-electron chi connectivity index (χ0n) is 9.07. The van der Waals surface area contributed by atoms with Gasteiger partial charge in [-0.3, -0.25) is 4.90 Å². The molecule has 2 aliphatic heterocycles. The Hall–Kier alpha value is -1.27. The predicted molar refractivity (Wildman–Crippen MR) is 60.5 cm³/mol. The number of oxime groups is 1. The molecule has 15 heavy (non-hydrogen) atoms. The van der Waals surface area contributed by atoms with Crippen LogP contribution in [0.4, 0.5) is 0 Å². The van der Waals surface area contributed by atoms with Crippen molar-refractivity contribution in [2.24, 2.45) is 11.1 Å². The Morgan fingerprint density at radius 2 is 2.67 bits per heavy atom. The van der Waals surface area contributed by atoms with Crippen LogP contribution in [0.2, 0.25) is 0 Å². The van der Waals surface area contributed by atoms with Crippen LogP contribution in [0.3, 0.4) is 0 Å². The fourth-order valence-electron chi connectivity index (χ4n) is 2.05. The van der Waals surface area contributed by atoms with E-state index in [0.717, 1.165) is 12.1 Å². The first-order valence-corrected chi connectivity index (χ1v) is 5.34. The molecular weight excluding hydrogens is 188 g/mol. The van der Waals surface area contributed by atoms with Gasteiger partial charge in [0.05, 0.1) is 5.71 Å². The highest BCUT2D eigenvalue weighted by Crippen LogP contribution is 2.25. The van der Waals surface area contributed by atoms with Crippen LogP contribution in [0.25, 0.3) is 0 Å². The summed E-state index contributed by atoms with van der Waals surface area (Å²) < 4.78 is 0. The van der Waals surface area contributed by atoms with Crippen molar-refractivity contribution >= 4 is 5.71 Å². The molecule has 0 N–H and O–H groups in total. The van der Waals surface area contributed by atoms with Gasteiger partial charge in [0.2, 0.25) is 0 Å². The Balaban J connectivity index is 1.78. The van der Waals surface area contributed by atoms with E-state index < -0.39 is 0 Å². The number of nitrogens with zero attached hydrogens (tertiary/aromatic N) is 2. The molecule has 2 unspecified atom stereocenters. The molecule has 2 aliphatic rings. The second-order valence-electron chi connectivity index (χ2n) is 4.13. The third-order valence-corrected chi connectivity index (χ3v) is 3.00. The van der Waals surface area contributed by atoms with Crippen molar-refractivity contribution in [1.82, 2.24) is 4.90 Å². The molecule has 0 amide bonds. The molecule has 2 rings (SSSR count). The van der Waals surface area contributed by atoms with Gasteiger partial charge in [0.25, 0.3) is 0 Å². The van der Waals surface area contributed by atoms with Gasteiger partial charge in [-0.2, -0.15) is 0 Å². The normalized spacial score (nSPS) is 32.0. The van der Waals surface area contributed by atoms with E-state index in [1.54, 1.807) is 0 Å². The van der Waals surface area contributed by atoms with Crippen LogP contribution in [-0.2, 0) is 4.84 Å². The summed E-state index contributed by atoms with van der Waals surface area (Å²) in [5.74, 6) is 3.19. The Morgan fingerprint density at radius 1 is 1.80 bits per heavy atom. The third-order valence-electron chi connectivity index (χ3n) is 3.00. The largest absolute Gasteiger partial charge is 0.392 e. The second-order valence-corrected chi connectivity index (χ2v) is 4.13. The van der Waals surface area contributed by atoms with E-state index in [1.165, 1.54) is 25.2 Å². The van der Waals surface area contributed by atoms with Crippen LogP contribution in [-0.4, -0.2) is 36.9 Å². The molecule has 0 radical (unpaired) electrons. The maximum absolute atomic E-state index is 5.23. The Bertz CT molecular complexity index is 338. The van der Waals surface area contributed by atoms with E-state index in [4.69, 9.17) is 11.3 Å². The molecule has 2 bridgehead atoms. The summed E-state index contributed by atoms with van der Waals surface area (Å²) in [7, 11) is 0. The first-order chi connectivity index (χ1) is 7.29. The SMILES string of the molecule is C#C/C(C)=C/CO/N=C1/CN2CCC1C2. The highest BCUT2D eigenvalue weighted by molar-refractivity contribution is 5.91. The Morgan fingerprint density at radius 3 is 3.27 bits per heavy atom. The topological polar surface area (TPSA) is 24.8 Å². The van der Waals surface area contributed by atoms with Crippen molar-refractivity contribution in [2.45, 2.75) is 13.3 Å². The summed E-state index contributed by atoms with van der Waals surface area (Å²) in [6.45, 7) is 5.75. The van der Waals surface area contributed by atoms with Crippen molar-refractivity contribution in [2.75, 3.05) is 26.2 Å². The highest BCUT2D eigenvalue weighted by Gasteiger charge is 2.35. The minimum atomic E-state index is 0.478. The van der Waals surface area contributed by atoms with Crippen LogP contribution in [0.5, 0.6) is 0 Å². The number of fused-ring (bicyclic) bond motifs is 2. The molecule has 2 fully saturated rings. The maximum atomic E-state index is 5.23. The molecule has 0 aromatic carbocycles. The van der Waals surface area contributed by atoms with Crippen LogP contribution >= 0.6 is 0 Å². The quantitative estimate of drug-likeness (QED) is 0.393. The van der Waals surface area contributed by atoms with Gasteiger partial charge in [-0.05, 0) is 31.5 Å². The molecule has 0 aromatic rings. The third kappa shape index (κ3) is 2.40. The zero-order valence-corrected chi connectivity index (χ0v) is 9.07. The molecule has 2 atom stereocenters. The summed E-state index contributed by atoms with van der Waals surface area (Å²) in [4.78, 5) is 7.64. The van der Waals surface area contributed by atoms with Gasteiger partial charge in [0, 0.05) is 19.0 Å². The van der Waals surface area contributed by atoms with Gasteiger partial charge in [0.15, 0.2) is 0 Å². The summed E-state index contributed by atoms with van der Waals surface area (Å²) >= 11 is 0. The Labute approximate surface area is 90.8 Å². The summed E-state index contributed by atoms with van der Waals surface area (Å²) in [6.07, 6.45) is 8.32. The molecule has 3 heteroatoms. The number of allylic oxidation sites excluding steroid dienone is 1. The van der Waals surface area contributed by atoms with Gasteiger partial charge in [-0.1, -0.05) is 11.1 Å². The lowest BCUT2D eigenvalue weighted by molar-refractivity contribution is 0.171. The first-order valence-electron chi connectivity index (χ1n) is 5.34. The van der Waals surface area contributed by atoms with Gasteiger partial charge >= 0.3 is 0 Å². The second kappa shape index (κ2) is 4.50. The van der Waals surface area contributed by atoms with Crippen molar-refractivity contribution in [3.05, 3.63) is 11.6 Å². The van der Waals surface area contributed by atoms with Crippen LogP contribution < -0.4 is 0 Å². The van der Waals surface area contributed by atoms with E-state index in [9.17, 15) is 0 Å². The number of hydrogen-bond donors (Lipinski definition) is 0. The lowest BCUT2D eigenvalue weighted by Crippen LogP contribution is -2.23. The Kier molecular flexibility index (Phi) is 3.08. The number of rotatable bonds is 3. The predicted octanol–water partition coefficient (Wildman–Crippen LogP) is 1.27. The molecule has 2 saturated heterocycles. The number of terminal acetylenes is 1. The van der Waals surface area contributed by atoms with E-state index in [1.807, 2.05) is 13.0 Å².